The summed E-state index contributed by atoms with van der Waals surface area (Å²) in [6, 6.07) is 4.77. The molecule has 0 bridgehead atoms. The summed E-state index contributed by atoms with van der Waals surface area (Å²) in [6.45, 7) is 7.00. The number of nitrogens with one attached hydrogen (secondary N) is 2. The molecular weight excluding hydrogens is 311 g/mol. The first-order valence-corrected chi connectivity index (χ1v) is 7.51. The predicted molar refractivity (Wildman–Crippen MR) is 86.8 cm³/mol. The minimum absolute atomic E-state index is 0.0173. The van der Waals surface area contributed by atoms with Crippen LogP contribution in [0, 0.1) is 5.41 Å². The van der Waals surface area contributed by atoms with Gasteiger partial charge in [0, 0.05) is 11.1 Å². The van der Waals surface area contributed by atoms with E-state index in [1.54, 1.807) is 26.0 Å². The third kappa shape index (κ3) is 4.61. The number of amides is 2. The van der Waals surface area contributed by atoms with E-state index in [0.717, 1.165) is 6.42 Å². The molecule has 4 nitrogen and oxygen atoms in total. The van der Waals surface area contributed by atoms with Gasteiger partial charge in [0.15, 0.2) is 0 Å². The minimum atomic E-state index is -1.20. The summed E-state index contributed by atoms with van der Waals surface area (Å²) in [5, 5.41) is 6.27. The van der Waals surface area contributed by atoms with Crippen molar-refractivity contribution in [2.24, 2.45) is 5.41 Å². The first-order valence-electron chi connectivity index (χ1n) is 6.76. The van der Waals surface area contributed by atoms with Crippen LogP contribution in [0.2, 0.25) is 10.0 Å². The largest absolute Gasteiger partial charge is 0.353 e. The van der Waals surface area contributed by atoms with Crippen molar-refractivity contribution in [3.05, 3.63) is 28.2 Å². The first-order chi connectivity index (χ1) is 9.68. The maximum absolute atomic E-state index is 12.3. The van der Waals surface area contributed by atoms with Gasteiger partial charge in [0.1, 0.15) is 5.41 Å². The molecule has 0 saturated heterocycles. The second kappa shape index (κ2) is 7.14. The van der Waals surface area contributed by atoms with Gasteiger partial charge in [0.25, 0.3) is 0 Å². The van der Waals surface area contributed by atoms with Gasteiger partial charge in [-0.25, -0.2) is 0 Å². The summed E-state index contributed by atoms with van der Waals surface area (Å²) in [4.78, 5) is 24.5. The van der Waals surface area contributed by atoms with Gasteiger partial charge < -0.3 is 10.6 Å². The van der Waals surface area contributed by atoms with Crippen molar-refractivity contribution in [1.29, 1.82) is 0 Å². The molecule has 0 aliphatic heterocycles. The van der Waals surface area contributed by atoms with Gasteiger partial charge in [0.2, 0.25) is 11.8 Å². The zero-order valence-electron chi connectivity index (χ0n) is 12.6. The molecule has 2 amide bonds. The van der Waals surface area contributed by atoms with E-state index in [1.165, 1.54) is 6.07 Å². The average molecular weight is 331 g/mol. The zero-order chi connectivity index (χ0) is 16.2. The molecular formula is C15H20Cl2N2O2. The van der Waals surface area contributed by atoms with Gasteiger partial charge in [-0.2, -0.15) is 0 Å². The molecule has 1 aromatic rings. The van der Waals surface area contributed by atoms with Crippen molar-refractivity contribution < 1.29 is 9.59 Å². The predicted octanol–water partition coefficient (Wildman–Crippen LogP) is 3.87. The number of carbonyl (C=O) groups is 2. The van der Waals surface area contributed by atoms with Crippen molar-refractivity contribution in [3.8, 4) is 0 Å². The molecule has 116 valence electrons. The molecule has 1 rings (SSSR count). The lowest BCUT2D eigenvalue weighted by Crippen LogP contribution is -2.47. The monoisotopic (exact) mass is 330 g/mol. The van der Waals surface area contributed by atoms with Crippen LogP contribution in [0.1, 0.15) is 34.1 Å². The third-order valence-corrected chi connectivity index (χ3v) is 3.85. The molecule has 1 aromatic carbocycles. The Morgan fingerprint density at radius 2 is 1.86 bits per heavy atom. The zero-order valence-corrected chi connectivity index (χ0v) is 14.1. The van der Waals surface area contributed by atoms with Crippen LogP contribution in [-0.4, -0.2) is 17.9 Å². The summed E-state index contributed by atoms with van der Waals surface area (Å²) in [5.41, 5.74) is -0.776. The highest BCUT2D eigenvalue weighted by molar-refractivity contribution is 6.36. The molecule has 6 heteroatoms. The fraction of sp³-hybridized carbons (Fsp3) is 0.467. The molecule has 0 saturated carbocycles. The fourth-order valence-electron chi connectivity index (χ4n) is 1.48. The van der Waals surface area contributed by atoms with Crippen LogP contribution < -0.4 is 10.6 Å². The van der Waals surface area contributed by atoms with Gasteiger partial charge in [-0.1, -0.05) is 30.1 Å². The SMILES string of the molecule is CCC(C)NC(=O)C(C)(C)C(=O)Nc1ccc(Cl)cc1Cl. The number of benzene rings is 1. The lowest BCUT2D eigenvalue weighted by molar-refractivity contribution is -0.138. The van der Waals surface area contributed by atoms with E-state index in [1.807, 2.05) is 13.8 Å². The lowest BCUT2D eigenvalue weighted by Gasteiger charge is -2.25. The van der Waals surface area contributed by atoms with Crippen molar-refractivity contribution >= 4 is 40.7 Å². The van der Waals surface area contributed by atoms with Gasteiger partial charge in [0.05, 0.1) is 10.7 Å². The highest BCUT2D eigenvalue weighted by Crippen LogP contribution is 2.27. The number of hydrogen-bond acceptors (Lipinski definition) is 2. The maximum atomic E-state index is 12.3. The second-order valence-electron chi connectivity index (χ2n) is 5.49. The normalized spacial score (nSPS) is 12.7. The molecule has 2 N–H and O–H groups in total. The van der Waals surface area contributed by atoms with Crippen molar-refractivity contribution in [1.82, 2.24) is 5.32 Å². The maximum Gasteiger partial charge on any atom is 0.239 e. The Labute approximate surface area is 135 Å². The molecule has 1 unspecified atom stereocenters. The number of rotatable bonds is 5. The van der Waals surface area contributed by atoms with E-state index in [4.69, 9.17) is 23.2 Å². The molecule has 0 spiro atoms. The van der Waals surface area contributed by atoms with E-state index in [0.29, 0.717) is 15.7 Å². The van der Waals surface area contributed by atoms with Gasteiger partial charge in [-0.15, -0.1) is 0 Å². The highest BCUT2D eigenvalue weighted by Gasteiger charge is 2.36. The molecule has 21 heavy (non-hydrogen) atoms. The van der Waals surface area contributed by atoms with E-state index in [9.17, 15) is 9.59 Å². The van der Waals surface area contributed by atoms with E-state index >= 15 is 0 Å². The van der Waals surface area contributed by atoms with Crippen LogP contribution in [0.25, 0.3) is 0 Å². The van der Waals surface area contributed by atoms with Crippen molar-refractivity contribution in [2.45, 2.75) is 40.2 Å². The number of hydrogen-bond donors (Lipinski definition) is 2. The Hall–Kier alpha value is -1.26. The van der Waals surface area contributed by atoms with Crippen LogP contribution >= 0.6 is 23.2 Å². The molecule has 0 heterocycles. The number of carbonyl (C=O) groups excluding carboxylic acids is 2. The summed E-state index contributed by atoms with van der Waals surface area (Å²) in [7, 11) is 0. The summed E-state index contributed by atoms with van der Waals surface area (Å²) in [5.74, 6) is -0.744. The van der Waals surface area contributed by atoms with Crippen LogP contribution in [0.15, 0.2) is 18.2 Å². The fourth-order valence-corrected chi connectivity index (χ4v) is 1.93. The summed E-state index contributed by atoms with van der Waals surface area (Å²) in [6.07, 6.45) is 0.798. The molecule has 0 aliphatic carbocycles. The standard InChI is InChI=1S/C15H20Cl2N2O2/c1-5-9(2)18-13(20)15(3,4)14(21)19-12-7-6-10(16)8-11(12)17/h6-9H,5H2,1-4H3,(H,18,20)(H,19,21). The van der Waals surface area contributed by atoms with Gasteiger partial charge in [-0.3, -0.25) is 9.59 Å². The van der Waals surface area contributed by atoms with Crippen LogP contribution in [0.5, 0.6) is 0 Å². The van der Waals surface area contributed by atoms with E-state index < -0.39 is 11.3 Å². The van der Waals surface area contributed by atoms with Gasteiger partial charge in [-0.05, 0) is 45.4 Å². The Kier molecular flexibility index (Phi) is 6.05. The smallest absolute Gasteiger partial charge is 0.239 e. The minimum Gasteiger partial charge on any atom is -0.353 e. The Bertz CT molecular complexity index is 544. The molecule has 0 aromatic heterocycles. The van der Waals surface area contributed by atoms with Gasteiger partial charge >= 0.3 is 0 Å². The number of halogens is 2. The average Bonchev–Trinajstić information content (AvgIpc) is 2.41. The molecule has 0 aliphatic rings. The molecule has 1 atom stereocenters. The summed E-state index contributed by atoms with van der Waals surface area (Å²) < 4.78 is 0. The molecule has 0 fully saturated rings. The lowest BCUT2D eigenvalue weighted by atomic mass is 9.90. The van der Waals surface area contributed by atoms with Crippen LogP contribution in [0.3, 0.4) is 0 Å². The Morgan fingerprint density at radius 1 is 1.24 bits per heavy atom. The Balaban J connectivity index is 2.83. The van der Waals surface area contributed by atoms with Crippen LogP contribution in [-0.2, 0) is 9.59 Å². The topological polar surface area (TPSA) is 58.2 Å². The third-order valence-electron chi connectivity index (χ3n) is 3.30. The first kappa shape index (κ1) is 17.8. The quantitative estimate of drug-likeness (QED) is 0.805. The van der Waals surface area contributed by atoms with E-state index in [-0.39, 0.29) is 11.9 Å². The van der Waals surface area contributed by atoms with Crippen molar-refractivity contribution in [2.75, 3.05) is 5.32 Å². The second-order valence-corrected chi connectivity index (χ2v) is 6.33. The summed E-state index contributed by atoms with van der Waals surface area (Å²) >= 11 is 11.8. The van der Waals surface area contributed by atoms with Crippen LogP contribution in [0.4, 0.5) is 5.69 Å². The van der Waals surface area contributed by atoms with E-state index in [2.05, 4.69) is 10.6 Å². The van der Waals surface area contributed by atoms with Crippen molar-refractivity contribution in [3.63, 3.8) is 0 Å². The highest BCUT2D eigenvalue weighted by atomic mass is 35.5. The Morgan fingerprint density at radius 3 is 2.38 bits per heavy atom. The number of anilines is 1. The molecule has 0 radical (unpaired) electrons.